The van der Waals surface area contributed by atoms with E-state index in [2.05, 4.69) is 15.5 Å². The van der Waals surface area contributed by atoms with Crippen LogP contribution in [0.25, 0.3) is 10.9 Å². The van der Waals surface area contributed by atoms with Crippen molar-refractivity contribution in [3.63, 3.8) is 0 Å². The van der Waals surface area contributed by atoms with Crippen molar-refractivity contribution in [3.8, 4) is 0 Å². The quantitative estimate of drug-likeness (QED) is 0.747. The molecular formula is C14H20N4O2. The molecule has 20 heavy (non-hydrogen) atoms. The number of fused-ring (bicyclic) bond motifs is 1. The number of carbonyl (C=O) groups excluding carboxylic acids is 1. The monoisotopic (exact) mass is 276 g/mol. The Bertz CT molecular complexity index is 604. The molecule has 1 amide bonds. The highest BCUT2D eigenvalue weighted by Crippen LogP contribution is 2.13. The summed E-state index contributed by atoms with van der Waals surface area (Å²) in [5.74, 6) is -0.202. The fourth-order valence-electron chi connectivity index (χ4n) is 2.19. The van der Waals surface area contributed by atoms with E-state index < -0.39 is 5.60 Å². The molecule has 0 bridgehead atoms. The van der Waals surface area contributed by atoms with Crippen molar-refractivity contribution in [3.05, 3.63) is 30.0 Å². The molecule has 6 nitrogen and oxygen atoms in total. The smallest absolute Gasteiger partial charge is 0.251 e. The van der Waals surface area contributed by atoms with E-state index in [0.29, 0.717) is 12.1 Å². The minimum absolute atomic E-state index is 0.202. The molecule has 3 N–H and O–H groups in total. The Balaban J connectivity index is 2.01. The number of carbonyl (C=O) groups is 1. The highest BCUT2D eigenvalue weighted by atomic mass is 16.3. The largest absolute Gasteiger partial charge is 0.387 e. The van der Waals surface area contributed by atoms with Crippen LogP contribution in [0.5, 0.6) is 0 Å². The lowest BCUT2D eigenvalue weighted by Crippen LogP contribution is -2.47. The third kappa shape index (κ3) is 3.55. The third-order valence-electron chi connectivity index (χ3n) is 2.99. The Kier molecular flexibility index (Phi) is 4.06. The van der Waals surface area contributed by atoms with Crippen molar-refractivity contribution >= 4 is 16.8 Å². The van der Waals surface area contributed by atoms with Gasteiger partial charge in [-0.25, -0.2) is 0 Å². The van der Waals surface area contributed by atoms with Crippen LogP contribution in [0.15, 0.2) is 24.4 Å². The van der Waals surface area contributed by atoms with Crippen LogP contribution in [-0.2, 0) is 0 Å². The molecule has 1 heterocycles. The van der Waals surface area contributed by atoms with E-state index in [1.165, 1.54) is 0 Å². The molecule has 6 heteroatoms. The zero-order valence-corrected chi connectivity index (χ0v) is 12.0. The molecule has 0 aliphatic carbocycles. The van der Waals surface area contributed by atoms with Crippen LogP contribution in [0.3, 0.4) is 0 Å². The van der Waals surface area contributed by atoms with Crippen molar-refractivity contribution < 1.29 is 9.90 Å². The van der Waals surface area contributed by atoms with Gasteiger partial charge in [0.2, 0.25) is 0 Å². The summed E-state index contributed by atoms with van der Waals surface area (Å²) in [4.78, 5) is 14.0. The fraction of sp³-hybridized carbons (Fsp3) is 0.429. The van der Waals surface area contributed by atoms with Gasteiger partial charge >= 0.3 is 0 Å². The molecule has 1 unspecified atom stereocenters. The van der Waals surface area contributed by atoms with E-state index in [9.17, 15) is 9.90 Å². The zero-order valence-electron chi connectivity index (χ0n) is 12.0. The average Bonchev–Trinajstić information content (AvgIpc) is 2.81. The van der Waals surface area contributed by atoms with Crippen LogP contribution in [-0.4, -0.2) is 58.9 Å². The van der Waals surface area contributed by atoms with Crippen molar-refractivity contribution in [1.29, 1.82) is 0 Å². The lowest BCUT2D eigenvalue weighted by molar-refractivity contribution is 0.0326. The zero-order chi connectivity index (χ0) is 14.8. The first-order valence-corrected chi connectivity index (χ1v) is 6.46. The van der Waals surface area contributed by atoms with Gasteiger partial charge in [0.15, 0.2) is 0 Å². The summed E-state index contributed by atoms with van der Waals surface area (Å²) in [5, 5.41) is 20.5. The highest BCUT2D eigenvalue weighted by Gasteiger charge is 2.22. The van der Waals surface area contributed by atoms with Crippen LogP contribution < -0.4 is 5.32 Å². The molecule has 108 valence electrons. The molecule has 0 aliphatic rings. The molecule has 0 radical (unpaired) electrons. The van der Waals surface area contributed by atoms with E-state index >= 15 is 0 Å². The second-order valence-corrected chi connectivity index (χ2v) is 5.59. The van der Waals surface area contributed by atoms with Gasteiger partial charge in [0.05, 0.1) is 17.3 Å². The molecule has 0 aliphatic heterocycles. The fourth-order valence-corrected chi connectivity index (χ4v) is 2.19. The standard InChI is InChI=1S/C14H20N4O2/c1-14(20,9-18(2)3)8-15-13(19)10-4-5-12-11(6-10)7-16-17-12/h4-7,20H,8-9H2,1-3H3,(H,15,19)(H,16,17). The Labute approximate surface area is 117 Å². The summed E-state index contributed by atoms with van der Waals surface area (Å²) in [6, 6.07) is 5.32. The molecule has 0 spiro atoms. The molecular weight excluding hydrogens is 256 g/mol. The summed E-state index contributed by atoms with van der Waals surface area (Å²) < 4.78 is 0. The van der Waals surface area contributed by atoms with E-state index in [1.54, 1.807) is 25.3 Å². The number of hydrogen-bond acceptors (Lipinski definition) is 4. The molecule has 2 rings (SSSR count). The first-order valence-electron chi connectivity index (χ1n) is 6.46. The Hall–Kier alpha value is -1.92. The average molecular weight is 276 g/mol. The minimum Gasteiger partial charge on any atom is -0.387 e. The van der Waals surface area contributed by atoms with Crippen LogP contribution in [0.2, 0.25) is 0 Å². The van der Waals surface area contributed by atoms with Gasteiger partial charge in [0.1, 0.15) is 0 Å². The van der Waals surface area contributed by atoms with Crippen LogP contribution >= 0.6 is 0 Å². The number of rotatable bonds is 5. The Morgan fingerprint density at radius 3 is 2.95 bits per heavy atom. The van der Waals surface area contributed by atoms with Crippen molar-refractivity contribution in [2.24, 2.45) is 0 Å². The summed E-state index contributed by atoms with van der Waals surface area (Å²) >= 11 is 0. The molecule has 0 saturated heterocycles. The molecule has 1 atom stereocenters. The summed E-state index contributed by atoms with van der Waals surface area (Å²) in [7, 11) is 3.76. The Morgan fingerprint density at radius 2 is 2.25 bits per heavy atom. The Morgan fingerprint density at radius 1 is 1.50 bits per heavy atom. The first kappa shape index (κ1) is 14.5. The highest BCUT2D eigenvalue weighted by molar-refractivity contribution is 5.97. The summed E-state index contributed by atoms with van der Waals surface area (Å²) in [6.07, 6.45) is 1.67. The maximum Gasteiger partial charge on any atom is 0.251 e. The summed E-state index contributed by atoms with van der Waals surface area (Å²) in [6.45, 7) is 2.38. The van der Waals surface area contributed by atoms with E-state index in [1.807, 2.05) is 25.1 Å². The van der Waals surface area contributed by atoms with E-state index in [-0.39, 0.29) is 12.5 Å². The number of hydrogen-bond donors (Lipinski definition) is 3. The van der Waals surface area contributed by atoms with E-state index in [4.69, 9.17) is 0 Å². The number of amides is 1. The molecule has 0 saturated carbocycles. The number of nitrogens with zero attached hydrogens (tertiary/aromatic N) is 2. The predicted molar refractivity (Wildman–Crippen MR) is 77.6 cm³/mol. The predicted octanol–water partition coefficient (Wildman–Crippen LogP) is 0.605. The number of nitrogens with one attached hydrogen (secondary N) is 2. The number of H-pyrrole nitrogens is 1. The molecule has 2 aromatic rings. The number of aromatic nitrogens is 2. The number of aromatic amines is 1. The topological polar surface area (TPSA) is 81.2 Å². The molecule has 1 aromatic heterocycles. The van der Waals surface area contributed by atoms with Gasteiger partial charge in [0, 0.05) is 24.0 Å². The van der Waals surface area contributed by atoms with Gasteiger partial charge in [-0.15, -0.1) is 0 Å². The van der Waals surface area contributed by atoms with Gasteiger partial charge in [-0.3, -0.25) is 9.89 Å². The second-order valence-electron chi connectivity index (χ2n) is 5.59. The molecule has 0 fully saturated rings. The second kappa shape index (κ2) is 5.60. The minimum atomic E-state index is -0.959. The van der Waals surface area contributed by atoms with Crippen LogP contribution in [0, 0.1) is 0 Å². The first-order chi connectivity index (χ1) is 9.37. The number of aliphatic hydroxyl groups is 1. The van der Waals surface area contributed by atoms with Crippen molar-refractivity contribution in [2.45, 2.75) is 12.5 Å². The number of benzene rings is 1. The van der Waals surface area contributed by atoms with Crippen molar-refractivity contribution in [2.75, 3.05) is 27.2 Å². The normalized spacial score (nSPS) is 14.4. The maximum absolute atomic E-state index is 12.1. The van der Waals surface area contributed by atoms with Gasteiger partial charge in [0.25, 0.3) is 5.91 Å². The number of likely N-dealkylation sites (N-methyl/N-ethyl adjacent to an activating group) is 1. The van der Waals surface area contributed by atoms with Gasteiger partial charge < -0.3 is 15.3 Å². The van der Waals surface area contributed by atoms with Gasteiger partial charge in [-0.05, 0) is 39.2 Å². The van der Waals surface area contributed by atoms with Gasteiger partial charge in [-0.2, -0.15) is 5.10 Å². The SMILES string of the molecule is CN(C)CC(C)(O)CNC(=O)c1ccc2[nH]ncc2c1. The summed E-state index contributed by atoms with van der Waals surface area (Å²) in [5.41, 5.74) is 0.486. The van der Waals surface area contributed by atoms with Crippen LogP contribution in [0.1, 0.15) is 17.3 Å². The van der Waals surface area contributed by atoms with E-state index in [0.717, 1.165) is 10.9 Å². The third-order valence-corrected chi connectivity index (χ3v) is 2.99. The lowest BCUT2D eigenvalue weighted by Gasteiger charge is -2.27. The van der Waals surface area contributed by atoms with Crippen molar-refractivity contribution in [1.82, 2.24) is 20.4 Å². The molecule has 1 aromatic carbocycles. The lowest BCUT2D eigenvalue weighted by atomic mass is 10.1. The van der Waals surface area contributed by atoms with Crippen LogP contribution in [0.4, 0.5) is 0 Å². The van der Waals surface area contributed by atoms with Gasteiger partial charge in [-0.1, -0.05) is 0 Å². The maximum atomic E-state index is 12.1.